The number of nitrogen functional groups attached to an aromatic ring is 1. The number of aliphatic hydroxyl groups is 1. The van der Waals surface area contributed by atoms with Crippen molar-refractivity contribution >= 4 is 5.69 Å². The Kier molecular flexibility index (Phi) is 4.12. The highest BCUT2D eigenvalue weighted by atomic mass is 16.3. The third kappa shape index (κ3) is 3.53. The van der Waals surface area contributed by atoms with Crippen LogP contribution in [0.4, 0.5) is 5.69 Å². The van der Waals surface area contributed by atoms with E-state index in [1.165, 1.54) is 0 Å². The molecule has 0 saturated heterocycles. The van der Waals surface area contributed by atoms with Crippen LogP contribution < -0.4 is 11.1 Å². The number of aryl methyl sites for hydroxylation is 1. The molecule has 1 aromatic rings. The molecule has 0 fully saturated rings. The zero-order valence-electron chi connectivity index (χ0n) is 9.62. The van der Waals surface area contributed by atoms with Crippen molar-refractivity contribution in [2.45, 2.75) is 32.9 Å². The average Bonchev–Trinajstić information content (AvgIpc) is 2.18. The second kappa shape index (κ2) is 5.14. The first-order chi connectivity index (χ1) is 7.00. The zero-order chi connectivity index (χ0) is 11.4. The number of anilines is 1. The van der Waals surface area contributed by atoms with Crippen LogP contribution in [0.25, 0.3) is 0 Å². The van der Waals surface area contributed by atoms with Gasteiger partial charge in [0.1, 0.15) is 0 Å². The van der Waals surface area contributed by atoms with E-state index in [1.54, 1.807) is 0 Å². The topological polar surface area (TPSA) is 58.3 Å². The van der Waals surface area contributed by atoms with Gasteiger partial charge in [-0.3, -0.25) is 0 Å². The molecule has 0 spiro atoms. The maximum atomic E-state index is 9.87. The van der Waals surface area contributed by atoms with Crippen molar-refractivity contribution in [2.24, 2.45) is 0 Å². The van der Waals surface area contributed by atoms with Crippen molar-refractivity contribution in [2.75, 3.05) is 12.3 Å². The minimum atomic E-state index is -0.490. The molecule has 0 saturated carbocycles. The van der Waals surface area contributed by atoms with Crippen LogP contribution in [-0.4, -0.2) is 17.7 Å². The monoisotopic (exact) mass is 208 g/mol. The zero-order valence-corrected chi connectivity index (χ0v) is 9.62. The lowest BCUT2D eigenvalue weighted by atomic mass is 10.1. The van der Waals surface area contributed by atoms with Gasteiger partial charge in [-0.15, -0.1) is 0 Å². The fourth-order valence-electron chi connectivity index (χ4n) is 1.33. The number of hydrogen-bond acceptors (Lipinski definition) is 3. The first kappa shape index (κ1) is 12.0. The first-order valence-electron chi connectivity index (χ1n) is 5.28. The van der Waals surface area contributed by atoms with Gasteiger partial charge >= 0.3 is 0 Å². The standard InChI is InChI=1S/C12H20N2O/c1-8(2)14-7-12(15)10-5-4-9(3)11(13)6-10/h4-6,8,12,14-15H,7,13H2,1-3H3. The molecule has 0 aliphatic carbocycles. The van der Waals surface area contributed by atoms with Crippen LogP contribution in [0, 0.1) is 6.92 Å². The molecule has 0 aliphatic rings. The number of nitrogens with one attached hydrogen (secondary N) is 1. The van der Waals surface area contributed by atoms with E-state index in [1.807, 2.05) is 25.1 Å². The van der Waals surface area contributed by atoms with Crippen molar-refractivity contribution in [3.8, 4) is 0 Å². The van der Waals surface area contributed by atoms with E-state index in [4.69, 9.17) is 5.73 Å². The molecule has 3 heteroatoms. The summed E-state index contributed by atoms with van der Waals surface area (Å²) in [5.74, 6) is 0. The molecule has 0 amide bonds. The Labute approximate surface area is 91.3 Å². The van der Waals surface area contributed by atoms with Gasteiger partial charge in [-0.05, 0) is 24.1 Å². The van der Waals surface area contributed by atoms with E-state index < -0.39 is 6.10 Å². The SMILES string of the molecule is Cc1ccc(C(O)CNC(C)C)cc1N. The highest BCUT2D eigenvalue weighted by molar-refractivity contribution is 5.48. The van der Waals surface area contributed by atoms with Crippen molar-refractivity contribution in [3.63, 3.8) is 0 Å². The summed E-state index contributed by atoms with van der Waals surface area (Å²) in [5, 5.41) is 13.1. The van der Waals surface area contributed by atoms with Crippen LogP contribution in [0.3, 0.4) is 0 Å². The third-order valence-electron chi connectivity index (χ3n) is 2.41. The molecule has 15 heavy (non-hydrogen) atoms. The number of benzene rings is 1. The van der Waals surface area contributed by atoms with Crippen molar-refractivity contribution < 1.29 is 5.11 Å². The molecule has 3 nitrogen and oxygen atoms in total. The Morgan fingerprint density at radius 1 is 1.40 bits per heavy atom. The summed E-state index contributed by atoms with van der Waals surface area (Å²) in [4.78, 5) is 0. The fraction of sp³-hybridized carbons (Fsp3) is 0.500. The molecule has 0 heterocycles. The fourth-order valence-corrected chi connectivity index (χ4v) is 1.33. The van der Waals surface area contributed by atoms with Gasteiger partial charge in [-0.2, -0.15) is 0 Å². The lowest BCUT2D eigenvalue weighted by Gasteiger charge is -2.15. The van der Waals surface area contributed by atoms with Gasteiger partial charge < -0.3 is 16.2 Å². The van der Waals surface area contributed by atoms with Gasteiger partial charge in [-0.1, -0.05) is 26.0 Å². The summed E-state index contributed by atoms with van der Waals surface area (Å²) in [6.07, 6.45) is -0.490. The highest BCUT2D eigenvalue weighted by Gasteiger charge is 2.08. The summed E-state index contributed by atoms with van der Waals surface area (Å²) in [5.41, 5.74) is 8.43. The summed E-state index contributed by atoms with van der Waals surface area (Å²) in [6, 6.07) is 6.06. The van der Waals surface area contributed by atoms with Crippen LogP contribution in [0.15, 0.2) is 18.2 Å². The number of nitrogens with two attached hydrogens (primary N) is 1. The molecular weight excluding hydrogens is 188 g/mol. The van der Waals surface area contributed by atoms with E-state index in [0.717, 1.165) is 16.8 Å². The van der Waals surface area contributed by atoms with E-state index in [-0.39, 0.29) is 0 Å². The lowest BCUT2D eigenvalue weighted by molar-refractivity contribution is 0.171. The summed E-state index contributed by atoms with van der Waals surface area (Å²) >= 11 is 0. The minimum absolute atomic E-state index is 0.377. The molecule has 0 bridgehead atoms. The Balaban J connectivity index is 2.65. The second-order valence-corrected chi connectivity index (χ2v) is 4.19. The van der Waals surface area contributed by atoms with Crippen LogP contribution >= 0.6 is 0 Å². The van der Waals surface area contributed by atoms with Crippen LogP contribution in [0.2, 0.25) is 0 Å². The molecule has 1 unspecified atom stereocenters. The van der Waals surface area contributed by atoms with Crippen molar-refractivity contribution in [3.05, 3.63) is 29.3 Å². The molecule has 0 aromatic heterocycles. The van der Waals surface area contributed by atoms with E-state index >= 15 is 0 Å². The van der Waals surface area contributed by atoms with Gasteiger partial charge in [0, 0.05) is 18.3 Å². The lowest BCUT2D eigenvalue weighted by Crippen LogP contribution is -2.27. The van der Waals surface area contributed by atoms with Crippen molar-refractivity contribution in [1.82, 2.24) is 5.32 Å². The maximum Gasteiger partial charge on any atom is 0.0915 e. The quantitative estimate of drug-likeness (QED) is 0.659. The first-order valence-corrected chi connectivity index (χ1v) is 5.28. The molecule has 84 valence electrons. The van der Waals surface area contributed by atoms with Gasteiger partial charge in [-0.25, -0.2) is 0 Å². The number of rotatable bonds is 4. The summed E-state index contributed by atoms with van der Waals surface area (Å²) in [6.45, 7) is 6.62. The normalized spacial score (nSPS) is 13.1. The molecule has 0 aliphatic heterocycles. The Morgan fingerprint density at radius 2 is 2.07 bits per heavy atom. The van der Waals surface area contributed by atoms with Gasteiger partial charge in [0.25, 0.3) is 0 Å². The molecule has 1 rings (SSSR count). The molecule has 1 aromatic carbocycles. The Hall–Kier alpha value is -1.06. The summed E-state index contributed by atoms with van der Waals surface area (Å²) in [7, 11) is 0. The molecule has 0 radical (unpaired) electrons. The minimum Gasteiger partial charge on any atom is -0.399 e. The number of aliphatic hydroxyl groups excluding tert-OH is 1. The molecule has 4 N–H and O–H groups in total. The van der Waals surface area contributed by atoms with Crippen LogP contribution in [0.1, 0.15) is 31.1 Å². The van der Waals surface area contributed by atoms with E-state index in [0.29, 0.717) is 12.6 Å². The van der Waals surface area contributed by atoms with Gasteiger partial charge in [0.2, 0.25) is 0 Å². The second-order valence-electron chi connectivity index (χ2n) is 4.19. The van der Waals surface area contributed by atoms with Gasteiger partial charge in [0.05, 0.1) is 6.10 Å². The Bertz CT molecular complexity index is 323. The predicted octanol–water partition coefficient (Wildman–Crippen LogP) is 1.61. The Morgan fingerprint density at radius 3 is 2.60 bits per heavy atom. The smallest absolute Gasteiger partial charge is 0.0915 e. The maximum absolute atomic E-state index is 9.87. The van der Waals surface area contributed by atoms with E-state index in [2.05, 4.69) is 19.2 Å². The molecular formula is C12H20N2O. The van der Waals surface area contributed by atoms with Crippen molar-refractivity contribution in [1.29, 1.82) is 0 Å². The predicted molar refractivity (Wildman–Crippen MR) is 63.7 cm³/mol. The largest absolute Gasteiger partial charge is 0.399 e. The van der Waals surface area contributed by atoms with Crippen LogP contribution in [-0.2, 0) is 0 Å². The average molecular weight is 208 g/mol. The van der Waals surface area contributed by atoms with Gasteiger partial charge in [0.15, 0.2) is 0 Å². The summed E-state index contributed by atoms with van der Waals surface area (Å²) < 4.78 is 0. The van der Waals surface area contributed by atoms with E-state index in [9.17, 15) is 5.11 Å². The van der Waals surface area contributed by atoms with Crippen LogP contribution in [0.5, 0.6) is 0 Å². The third-order valence-corrected chi connectivity index (χ3v) is 2.41. The number of hydrogen-bond donors (Lipinski definition) is 3. The molecule has 1 atom stereocenters. The highest BCUT2D eigenvalue weighted by Crippen LogP contribution is 2.18.